The van der Waals surface area contributed by atoms with E-state index in [-0.39, 0.29) is 17.3 Å². The van der Waals surface area contributed by atoms with Gasteiger partial charge in [0.2, 0.25) is 0 Å². The Kier molecular flexibility index (Phi) is 2.83. The van der Waals surface area contributed by atoms with Crippen molar-refractivity contribution in [3.63, 3.8) is 0 Å². The van der Waals surface area contributed by atoms with Crippen LogP contribution in [0, 0.1) is 0 Å². The van der Waals surface area contributed by atoms with Gasteiger partial charge in [-0.05, 0) is 34.1 Å². The molecule has 0 radical (unpaired) electrons. The lowest BCUT2D eigenvalue weighted by Crippen LogP contribution is -2.35. The molecule has 1 heterocycles. The van der Waals surface area contributed by atoms with Crippen molar-refractivity contribution >= 4 is 0 Å². The zero-order valence-electron chi connectivity index (χ0n) is 9.61. The van der Waals surface area contributed by atoms with Gasteiger partial charge < -0.3 is 0 Å². The lowest BCUT2D eigenvalue weighted by molar-refractivity contribution is 0.370. The zero-order chi connectivity index (χ0) is 10.9. The van der Waals surface area contributed by atoms with Crippen LogP contribution in [0.1, 0.15) is 47.1 Å². The Balaban J connectivity index is 3.16. The van der Waals surface area contributed by atoms with Crippen molar-refractivity contribution in [1.29, 1.82) is 0 Å². The lowest BCUT2D eigenvalue weighted by atomic mass is 10.1. The molecule has 0 aromatic carbocycles. The third-order valence-electron chi connectivity index (χ3n) is 2.42. The highest BCUT2D eigenvalue weighted by molar-refractivity contribution is 4.80. The van der Waals surface area contributed by atoms with Gasteiger partial charge in [-0.2, -0.15) is 5.10 Å². The molecule has 0 saturated heterocycles. The van der Waals surface area contributed by atoms with Crippen LogP contribution in [0.15, 0.2) is 11.1 Å². The molecule has 0 amide bonds. The van der Waals surface area contributed by atoms with Crippen molar-refractivity contribution in [2.75, 3.05) is 0 Å². The highest BCUT2D eigenvalue weighted by Gasteiger charge is 2.19. The summed E-state index contributed by atoms with van der Waals surface area (Å²) in [7, 11) is 0. The summed E-state index contributed by atoms with van der Waals surface area (Å²) >= 11 is 0. The van der Waals surface area contributed by atoms with Crippen molar-refractivity contribution in [1.82, 2.24) is 14.3 Å². The summed E-state index contributed by atoms with van der Waals surface area (Å²) in [5.74, 6) is 0. The van der Waals surface area contributed by atoms with Crippen molar-refractivity contribution in [2.45, 2.75) is 52.6 Å². The Morgan fingerprint density at radius 3 is 2.43 bits per heavy atom. The first-order valence-electron chi connectivity index (χ1n) is 5.04. The van der Waals surface area contributed by atoms with Crippen molar-refractivity contribution in [3.8, 4) is 0 Å². The molecule has 0 N–H and O–H groups in total. The summed E-state index contributed by atoms with van der Waals surface area (Å²) in [6.45, 7) is 10.0. The maximum atomic E-state index is 11.9. The number of nitrogens with zero attached hydrogens (tertiary/aromatic N) is 3. The second-order valence-electron chi connectivity index (χ2n) is 4.66. The maximum Gasteiger partial charge on any atom is 0.346 e. The van der Waals surface area contributed by atoms with Gasteiger partial charge >= 0.3 is 5.69 Å². The van der Waals surface area contributed by atoms with Crippen LogP contribution in [0.2, 0.25) is 0 Å². The molecule has 0 aliphatic carbocycles. The Morgan fingerprint density at radius 2 is 2.07 bits per heavy atom. The number of hydrogen-bond donors (Lipinski definition) is 0. The first kappa shape index (κ1) is 11.0. The van der Waals surface area contributed by atoms with Crippen molar-refractivity contribution in [2.24, 2.45) is 0 Å². The highest BCUT2D eigenvalue weighted by Crippen LogP contribution is 2.11. The topological polar surface area (TPSA) is 39.8 Å². The molecule has 14 heavy (non-hydrogen) atoms. The largest absolute Gasteiger partial charge is 0.346 e. The average Bonchev–Trinajstić information content (AvgIpc) is 2.45. The normalized spacial score (nSPS) is 14.4. The zero-order valence-corrected chi connectivity index (χ0v) is 9.61. The van der Waals surface area contributed by atoms with Gasteiger partial charge in [0.1, 0.15) is 6.33 Å². The molecule has 0 saturated carbocycles. The predicted molar refractivity (Wildman–Crippen MR) is 56.5 cm³/mol. The Labute approximate surface area is 84.5 Å². The number of aromatic nitrogens is 3. The second-order valence-corrected chi connectivity index (χ2v) is 4.66. The van der Waals surface area contributed by atoms with E-state index in [2.05, 4.69) is 5.10 Å². The minimum atomic E-state index is -0.192. The molecule has 0 unspecified atom stereocenters. The van der Waals surface area contributed by atoms with Crippen molar-refractivity contribution < 1.29 is 0 Å². The van der Waals surface area contributed by atoms with Gasteiger partial charge in [-0.3, -0.25) is 4.57 Å². The van der Waals surface area contributed by atoms with Gasteiger partial charge in [0.25, 0.3) is 0 Å². The summed E-state index contributed by atoms with van der Waals surface area (Å²) in [6.07, 6.45) is 2.54. The monoisotopic (exact) mass is 197 g/mol. The first-order valence-corrected chi connectivity index (χ1v) is 5.04. The Hall–Kier alpha value is -1.06. The van der Waals surface area contributed by atoms with Gasteiger partial charge in [-0.1, -0.05) is 6.92 Å². The Bertz CT molecular complexity index is 356. The van der Waals surface area contributed by atoms with E-state index < -0.39 is 0 Å². The predicted octanol–water partition coefficient (Wildman–Crippen LogP) is 1.77. The van der Waals surface area contributed by atoms with Crippen LogP contribution in [0.5, 0.6) is 0 Å². The summed E-state index contributed by atoms with van der Waals surface area (Å²) in [6, 6.07) is 0.172. The van der Waals surface area contributed by atoms with E-state index in [1.807, 2.05) is 34.6 Å². The van der Waals surface area contributed by atoms with Crippen LogP contribution < -0.4 is 5.69 Å². The van der Waals surface area contributed by atoms with E-state index in [1.54, 1.807) is 15.6 Å². The second kappa shape index (κ2) is 3.59. The fourth-order valence-corrected chi connectivity index (χ4v) is 1.25. The number of hydrogen-bond acceptors (Lipinski definition) is 2. The minimum Gasteiger partial charge on any atom is -0.276 e. The fraction of sp³-hybridized carbons (Fsp3) is 0.800. The third kappa shape index (κ3) is 1.89. The van der Waals surface area contributed by atoms with Gasteiger partial charge in [0.05, 0.1) is 6.04 Å². The van der Waals surface area contributed by atoms with Crippen LogP contribution in [0.3, 0.4) is 0 Å². The molecule has 1 rings (SSSR count). The quantitative estimate of drug-likeness (QED) is 0.725. The first-order chi connectivity index (χ1) is 6.38. The Morgan fingerprint density at radius 1 is 1.50 bits per heavy atom. The lowest BCUT2D eigenvalue weighted by Gasteiger charge is -2.18. The minimum absolute atomic E-state index is 0.0214. The molecule has 0 bridgehead atoms. The van der Waals surface area contributed by atoms with Gasteiger partial charge in [-0.15, -0.1) is 0 Å². The smallest absolute Gasteiger partial charge is 0.276 e. The van der Waals surface area contributed by atoms with Crippen LogP contribution in [-0.4, -0.2) is 14.3 Å². The molecule has 1 aromatic rings. The number of rotatable bonds is 2. The molecule has 4 nitrogen and oxygen atoms in total. The van der Waals surface area contributed by atoms with Crippen LogP contribution >= 0.6 is 0 Å². The maximum absolute atomic E-state index is 11.9. The SMILES string of the molecule is CC[C@H](C)n1ncn(C(C)(C)C)c1=O. The van der Waals surface area contributed by atoms with E-state index in [4.69, 9.17) is 0 Å². The molecule has 1 aromatic heterocycles. The molecule has 0 spiro atoms. The van der Waals surface area contributed by atoms with Crippen molar-refractivity contribution in [3.05, 3.63) is 16.8 Å². The van der Waals surface area contributed by atoms with E-state index in [0.717, 1.165) is 6.42 Å². The van der Waals surface area contributed by atoms with E-state index in [1.165, 1.54) is 0 Å². The molecule has 80 valence electrons. The molecular weight excluding hydrogens is 178 g/mol. The van der Waals surface area contributed by atoms with E-state index in [9.17, 15) is 4.79 Å². The van der Waals surface area contributed by atoms with Crippen LogP contribution in [0.25, 0.3) is 0 Å². The summed E-state index contributed by atoms with van der Waals surface area (Å²) in [5, 5.41) is 4.12. The van der Waals surface area contributed by atoms with Gasteiger partial charge in [-0.25, -0.2) is 9.48 Å². The fourth-order valence-electron chi connectivity index (χ4n) is 1.25. The molecule has 0 aliphatic heterocycles. The summed E-state index contributed by atoms with van der Waals surface area (Å²) in [4.78, 5) is 11.9. The summed E-state index contributed by atoms with van der Waals surface area (Å²) < 4.78 is 3.21. The van der Waals surface area contributed by atoms with E-state index >= 15 is 0 Å². The van der Waals surface area contributed by atoms with Gasteiger partial charge in [0, 0.05) is 5.54 Å². The molecule has 0 fully saturated rings. The standard InChI is InChI=1S/C10H19N3O/c1-6-8(2)13-9(14)12(7-11-13)10(3,4)5/h7-8H,6H2,1-5H3/t8-/m0/s1. The molecule has 0 aliphatic rings. The van der Waals surface area contributed by atoms with Crippen LogP contribution in [0.4, 0.5) is 0 Å². The van der Waals surface area contributed by atoms with Crippen LogP contribution in [-0.2, 0) is 5.54 Å². The molecular formula is C10H19N3O. The molecule has 1 atom stereocenters. The third-order valence-corrected chi connectivity index (χ3v) is 2.42. The van der Waals surface area contributed by atoms with E-state index in [0.29, 0.717) is 0 Å². The highest BCUT2D eigenvalue weighted by atomic mass is 16.2. The summed E-state index contributed by atoms with van der Waals surface area (Å²) in [5.41, 5.74) is -0.213. The molecule has 4 heteroatoms. The van der Waals surface area contributed by atoms with Gasteiger partial charge in [0.15, 0.2) is 0 Å². The average molecular weight is 197 g/mol.